The SMILES string of the molecule is CCNC(=O)c1cccc(NC(=O)CNc2cc(NC(=O)C(C)C)ccc2C)c1. The van der Waals surface area contributed by atoms with Gasteiger partial charge in [0.1, 0.15) is 0 Å². The average Bonchev–Trinajstić information content (AvgIpc) is 2.68. The summed E-state index contributed by atoms with van der Waals surface area (Å²) in [5, 5.41) is 11.4. The summed E-state index contributed by atoms with van der Waals surface area (Å²) in [6.45, 7) is 8.01. The van der Waals surface area contributed by atoms with Crippen LogP contribution in [0.1, 0.15) is 36.7 Å². The van der Waals surface area contributed by atoms with Gasteiger partial charge in [0.05, 0.1) is 6.54 Å². The van der Waals surface area contributed by atoms with Gasteiger partial charge in [-0.2, -0.15) is 0 Å². The molecule has 7 nitrogen and oxygen atoms in total. The molecule has 2 rings (SSSR count). The Morgan fingerprint density at radius 3 is 2.38 bits per heavy atom. The van der Waals surface area contributed by atoms with E-state index in [9.17, 15) is 14.4 Å². The smallest absolute Gasteiger partial charge is 0.251 e. The lowest BCUT2D eigenvalue weighted by Gasteiger charge is -2.13. The van der Waals surface area contributed by atoms with Gasteiger partial charge in [0, 0.05) is 35.1 Å². The van der Waals surface area contributed by atoms with E-state index in [-0.39, 0.29) is 30.2 Å². The summed E-state index contributed by atoms with van der Waals surface area (Å²) in [5.41, 5.74) is 3.43. The van der Waals surface area contributed by atoms with Gasteiger partial charge in [-0.1, -0.05) is 26.0 Å². The third-order valence-corrected chi connectivity index (χ3v) is 4.21. The first kappa shape index (κ1) is 21.9. The fraction of sp³-hybridized carbons (Fsp3) is 0.318. The minimum atomic E-state index is -0.242. The van der Waals surface area contributed by atoms with Crippen molar-refractivity contribution in [2.45, 2.75) is 27.7 Å². The summed E-state index contributed by atoms with van der Waals surface area (Å²) >= 11 is 0. The van der Waals surface area contributed by atoms with E-state index >= 15 is 0 Å². The van der Waals surface area contributed by atoms with Crippen LogP contribution in [0.3, 0.4) is 0 Å². The fourth-order valence-electron chi connectivity index (χ4n) is 2.56. The highest BCUT2D eigenvalue weighted by Gasteiger charge is 2.10. The Hall–Kier alpha value is -3.35. The van der Waals surface area contributed by atoms with Gasteiger partial charge in [0.2, 0.25) is 11.8 Å². The molecule has 0 aliphatic rings. The molecule has 2 aromatic rings. The highest BCUT2D eigenvalue weighted by atomic mass is 16.2. The van der Waals surface area contributed by atoms with E-state index in [0.29, 0.717) is 23.5 Å². The van der Waals surface area contributed by atoms with Gasteiger partial charge in [0.25, 0.3) is 5.91 Å². The molecular formula is C22H28N4O3. The Kier molecular flexibility index (Phi) is 7.77. The first-order valence-electron chi connectivity index (χ1n) is 9.63. The minimum Gasteiger partial charge on any atom is -0.376 e. The quantitative estimate of drug-likeness (QED) is 0.550. The molecular weight excluding hydrogens is 368 g/mol. The van der Waals surface area contributed by atoms with E-state index in [2.05, 4.69) is 21.3 Å². The summed E-state index contributed by atoms with van der Waals surface area (Å²) < 4.78 is 0. The van der Waals surface area contributed by atoms with Crippen molar-refractivity contribution in [1.29, 1.82) is 0 Å². The van der Waals surface area contributed by atoms with E-state index in [1.54, 1.807) is 30.3 Å². The molecule has 0 saturated heterocycles. The van der Waals surface area contributed by atoms with Gasteiger partial charge in [-0.3, -0.25) is 14.4 Å². The maximum absolute atomic E-state index is 12.3. The van der Waals surface area contributed by atoms with Gasteiger partial charge in [-0.05, 0) is 49.7 Å². The van der Waals surface area contributed by atoms with Crippen LogP contribution in [-0.4, -0.2) is 30.8 Å². The molecule has 0 unspecified atom stereocenters. The maximum atomic E-state index is 12.3. The molecule has 29 heavy (non-hydrogen) atoms. The standard InChI is InChI=1S/C22H28N4O3/c1-5-23-22(29)16-7-6-8-17(11-16)25-20(27)13-24-19-12-18(10-9-15(19)4)26-21(28)14(2)3/h6-12,14,24H,5,13H2,1-4H3,(H,23,29)(H,25,27)(H,26,28). The van der Waals surface area contributed by atoms with Crippen molar-refractivity contribution in [3.05, 3.63) is 53.6 Å². The zero-order valence-corrected chi connectivity index (χ0v) is 17.3. The molecule has 3 amide bonds. The van der Waals surface area contributed by atoms with E-state index in [0.717, 1.165) is 11.3 Å². The third kappa shape index (κ3) is 6.64. The van der Waals surface area contributed by atoms with Gasteiger partial charge >= 0.3 is 0 Å². The molecule has 154 valence electrons. The van der Waals surface area contributed by atoms with Gasteiger partial charge in [0.15, 0.2) is 0 Å². The zero-order chi connectivity index (χ0) is 21.4. The molecule has 0 aliphatic carbocycles. The predicted octanol–water partition coefficient (Wildman–Crippen LogP) is 3.39. The number of carbonyl (C=O) groups is 3. The number of rotatable bonds is 8. The molecule has 0 aliphatic heterocycles. The Bertz CT molecular complexity index is 893. The van der Waals surface area contributed by atoms with Gasteiger partial charge in [-0.15, -0.1) is 0 Å². The molecule has 0 atom stereocenters. The Morgan fingerprint density at radius 1 is 0.966 bits per heavy atom. The zero-order valence-electron chi connectivity index (χ0n) is 17.3. The Balaban J connectivity index is 1.98. The van der Waals surface area contributed by atoms with Crippen molar-refractivity contribution in [2.75, 3.05) is 29.0 Å². The van der Waals surface area contributed by atoms with Crippen LogP contribution < -0.4 is 21.3 Å². The summed E-state index contributed by atoms with van der Waals surface area (Å²) in [6.07, 6.45) is 0. The normalized spacial score (nSPS) is 10.4. The second kappa shape index (κ2) is 10.3. The summed E-state index contributed by atoms with van der Waals surface area (Å²) in [5.74, 6) is -0.607. The molecule has 0 heterocycles. The van der Waals surface area contributed by atoms with Crippen molar-refractivity contribution in [1.82, 2.24) is 5.32 Å². The first-order chi connectivity index (χ1) is 13.8. The van der Waals surface area contributed by atoms with Crippen LogP contribution in [0.25, 0.3) is 0 Å². The predicted molar refractivity (Wildman–Crippen MR) is 116 cm³/mol. The number of hydrogen-bond donors (Lipinski definition) is 4. The van der Waals surface area contributed by atoms with Crippen LogP contribution in [0.4, 0.5) is 17.1 Å². The number of nitrogens with one attached hydrogen (secondary N) is 4. The fourth-order valence-corrected chi connectivity index (χ4v) is 2.56. The van der Waals surface area contributed by atoms with Gasteiger partial charge < -0.3 is 21.3 Å². The molecule has 0 saturated carbocycles. The molecule has 0 bridgehead atoms. The molecule has 7 heteroatoms. The lowest BCUT2D eigenvalue weighted by Crippen LogP contribution is -2.24. The number of amides is 3. The Morgan fingerprint density at radius 2 is 1.69 bits per heavy atom. The largest absolute Gasteiger partial charge is 0.376 e. The van der Waals surface area contributed by atoms with Crippen LogP contribution in [-0.2, 0) is 9.59 Å². The number of anilines is 3. The third-order valence-electron chi connectivity index (χ3n) is 4.21. The molecule has 0 aromatic heterocycles. The van der Waals surface area contributed by atoms with Crippen LogP contribution >= 0.6 is 0 Å². The van der Waals surface area contributed by atoms with Gasteiger partial charge in [-0.25, -0.2) is 0 Å². The topological polar surface area (TPSA) is 99.3 Å². The van der Waals surface area contributed by atoms with E-state index < -0.39 is 0 Å². The summed E-state index contributed by atoms with van der Waals surface area (Å²) in [6, 6.07) is 12.3. The van der Waals surface area contributed by atoms with Crippen LogP contribution in [0.2, 0.25) is 0 Å². The van der Waals surface area contributed by atoms with Crippen molar-refractivity contribution in [2.24, 2.45) is 5.92 Å². The van der Waals surface area contributed by atoms with E-state index in [1.165, 1.54) is 0 Å². The summed E-state index contributed by atoms with van der Waals surface area (Å²) in [7, 11) is 0. The minimum absolute atomic E-state index is 0.0494. The number of carbonyl (C=O) groups excluding carboxylic acids is 3. The van der Waals surface area contributed by atoms with E-state index in [4.69, 9.17) is 0 Å². The van der Waals surface area contributed by atoms with Crippen molar-refractivity contribution >= 4 is 34.8 Å². The lowest BCUT2D eigenvalue weighted by molar-refractivity contribution is -0.119. The second-order valence-corrected chi connectivity index (χ2v) is 7.02. The van der Waals surface area contributed by atoms with Crippen LogP contribution in [0.5, 0.6) is 0 Å². The van der Waals surface area contributed by atoms with Crippen LogP contribution in [0.15, 0.2) is 42.5 Å². The number of hydrogen-bond acceptors (Lipinski definition) is 4. The Labute approximate surface area is 171 Å². The number of benzene rings is 2. The van der Waals surface area contributed by atoms with Crippen molar-refractivity contribution < 1.29 is 14.4 Å². The second-order valence-electron chi connectivity index (χ2n) is 7.02. The monoisotopic (exact) mass is 396 g/mol. The first-order valence-corrected chi connectivity index (χ1v) is 9.63. The van der Waals surface area contributed by atoms with Crippen molar-refractivity contribution in [3.8, 4) is 0 Å². The molecule has 4 N–H and O–H groups in total. The van der Waals surface area contributed by atoms with E-state index in [1.807, 2.05) is 39.8 Å². The highest BCUT2D eigenvalue weighted by Crippen LogP contribution is 2.21. The molecule has 2 aromatic carbocycles. The molecule has 0 radical (unpaired) electrons. The van der Waals surface area contributed by atoms with Crippen molar-refractivity contribution in [3.63, 3.8) is 0 Å². The summed E-state index contributed by atoms with van der Waals surface area (Å²) in [4.78, 5) is 36.1. The maximum Gasteiger partial charge on any atom is 0.251 e. The number of aryl methyl sites for hydroxylation is 1. The average molecular weight is 396 g/mol. The molecule has 0 fully saturated rings. The molecule has 0 spiro atoms. The highest BCUT2D eigenvalue weighted by molar-refractivity contribution is 5.98. The van der Waals surface area contributed by atoms with Crippen LogP contribution in [0, 0.1) is 12.8 Å². The lowest BCUT2D eigenvalue weighted by atomic mass is 10.1.